The Morgan fingerprint density at radius 3 is 2.73 bits per heavy atom. The number of carbonyl (C=O) groups is 1. The summed E-state index contributed by atoms with van der Waals surface area (Å²) in [5.74, 6) is -0.266. The molecule has 120 valence electrons. The molecular weight excluding hydrogens is 281 g/mol. The summed E-state index contributed by atoms with van der Waals surface area (Å²) in [6.07, 6.45) is 4.67. The average Bonchev–Trinajstić information content (AvgIpc) is 3.18. The second-order valence-electron chi connectivity index (χ2n) is 6.25. The largest absolute Gasteiger partial charge is 0.334 e. The first kappa shape index (κ1) is 15.3. The van der Waals surface area contributed by atoms with Gasteiger partial charge in [-0.2, -0.15) is 0 Å². The molecule has 0 radical (unpaired) electrons. The van der Waals surface area contributed by atoms with Crippen LogP contribution in [0.4, 0.5) is 9.18 Å². The summed E-state index contributed by atoms with van der Waals surface area (Å²) in [5, 5.41) is 2.87. The second-order valence-corrected chi connectivity index (χ2v) is 6.25. The van der Waals surface area contributed by atoms with E-state index in [1.807, 2.05) is 4.90 Å². The molecule has 2 heterocycles. The molecular formula is C17H24FN3O. The number of amides is 2. The molecule has 2 fully saturated rings. The topological polar surface area (TPSA) is 35.6 Å². The highest BCUT2D eigenvalue weighted by atomic mass is 19.1. The highest BCUT2D eigenvalue weighted by Crippen LogP contribution is 2.20. The Morgan fingerprint density at radius 2 is 1.95 bits per heavy atom. The Labute approximate surface area is 131 Å². The summed E-state index contributed by atoms with van der Waals surface area (Å²) in [6, 6.07) is 6.82. The summed E-state index contributed by atoms with van der Waals surface area (Å²) >= 11 is 0. The van der Waals surface area contributed by atoms with Gasteiger partial charge in [0.05, 0.1) is 0 Å². The van der Waals surface area contributed by atoms with Crippen LogP contribution in [0.25, 0.3) is 0 Å². The number of rotatable bonds is 4. The predicted molar refractivity (Wildman–Crippen MR) is 84.0 cm³/mol. The number of hydrogen-bond donors (Lipinski definition) is 1. The number of halogens is 1. The lowest BCUT2D eigenvalue weighted by atomic mass is 10.2. The van der Waals surface area contributed by atoms with Gasteiger partial charge in [0.25, 0.3) is 0 Å². The minimum Gasteiger partial charge on any atom is -0.334 e. The summed E-state index contributed by atoms with van der Waals surface area (Å²) < 4.78 is 13.6. The van der Waals surface area contributed by atoms with Gasteiger partial charge in [0.15, 0.2) is 0 Å². The third-order valence-corrected chi connectivity index (χ3v) is 4.69. The van der Waals surface area contributed by atoms with Gasteiger partial charge in [-0.15, -0.1) is 0 Å². The monoisotopic (exact) mass is 305 g/mol. The lowest BCUT2D eigenvalue weighted by Gasteiger charge is -2.28. The molecule has 1 atom stereocenters. The predicted octanol–water partition coefficient (Wildman–Crippen LogP) is 2.60. The van der Waals surface area contributed by atoms with Crippen LogP contribution in [-0.2, 0) is 6.54 Å². The van der Waals surface area contributed by atoms with E-state index < -0.39 is 0 Å². The number of carbonyl (C=O) groups excluding carboxylic acids is 1. The smallest absolute Gasteiger partial charge is 0.317 e. The van der Waals surface area contributed by atoms with E-state index in [4.69, 9.17) is 0 Å². The van der Waals surface area contributed by atoms with E-state index >= 15 is 0 Å². The molecule has 1 N–H and O–H groups in total. The minimum atomic E-state index is -0.266. The SMILES string of the molecule is O=C(NCc1ccccc1F)N1CCCC1CN1CCCC1. The van der Waals surface area contributed by atoms with Crippen molar-refractivity contribution in [3.8, 4) is 0 Å². The number of benzene rings is 1. The first-order chi connectivity index (χ1) is 10.7. The fraction of sp³-hybridized carbons (Fsp3) is 0.588. The quantitative estimate of drug-likeness (QED) is 0.928. The number of nitrogens with one attached hydrogen (secondary N) is 1. The highest BCUT2D eigenvalue weighted by molar-refractivity contribution is 5.74. The molecule has 22 heavy (non-hydrogen) atoms. The second kappa shape index (κ2) is 7.09. The third kappa shape index (κ3) is 3.58. The van der Waals surface area contributed by atoms with Crippen LogP contribution in [0.15, 0.2) is 24.3 Å². The summed E-state index contributed by atoms with van der Waals surface area (Å²) in [4.78, 5) is 16.8. The molecule has 1 aromatic carbocycles. The maximum absolute atomic E-state index is 13.6. The van der Waals surface area contributed by atoms with Crippen molar-refractivity contribution in [2.45, 2.75) is 38.3 Å². The van der Waals surface area contributed by atoms with Crippen LogP contribution < -0.4 is 5.32 Å². The molecule has 0 spiro atoms. The molecule has 1 unspecified atom stereocenters. The number of urea groups is 1. The molecule has 4 nitrogen and oxygen atoms in total. The molecule has 2 aliphatic rings. The van der Waals surface area contributed by atoms with Gasteiger partial charge >= 0.3 is 6.03 Å². The normalized spacial score (nSPS) is 22.2. The average molecular weight is 305 g/mol. The van der Waals surface area contributed by atoms with Gasteiger partial charge in [0.1, 0.15) is 5.82 Å². The molecule has 0 aliphatic carbocycles. The molecule has 2 amide bonds. The first-order valence-electron chi connectivity index (χ1n) is 8.24. The first-order valence-corrected chi connectivity index (χ1v) is 8.24. The van der Waals surface area contributed by atoms with Gasteiger partial charge < -0.3 is 15.1 Å². The van der Waals surface area contributed by atoms with Gasteiger partial charge in [-0.3, -0.25) is 0 Å². The molecule has 1 aromatic rings. The van der Waals surface area contributed by atoms with Crippen LogP contribution in [-0.4, -0.2) is 48.1 Å². The van der Waals surface area contributed by atoms with E-state index in [0.717, 1.165) is 39.0 Å². The lowest BCUT2D eigenvalue weighted by Crippen LogP contribution is -2.46. The Bertz CT molecular complexity index is 516. The van der Waals surface area contributed by atoms with E-state index in [2.05, 4.69) is 10.2 Å². The Kier molecular flexibility index (Phi) is 4.93. The number of nitrogens with zero attached hydrogens (tertiary/aromatic N) is 2. The van der Waals surface area contributed by atoms with Gasteiger partial charge in [0.2, 0.25) is 0 Å². The van der Waals surface area contributed by atoms with E-state index in [1.165, 1.54) is 18.9 Å². The van der Waals surface area contributed by atoms with Crippen LogP contribution in [0.3, 0.4) is 0 Å². The maximum atomic E-state index is 13.6. The molecule has 3 rings (SSSR count). The summed E-state index contributed by atoms with van der Waals surface area (Å²) in [6.45, 7) is 4.34. The fourth-order valence-corrected chi connectivity index (χ4v) is 3.47. The Balaban J connectivity index is 1.53. The zero-order valence-electron chi connectivity index (χ0n) is 12.9. The molecule has 2 aliphatic heterocycles. The zero-order chi connectivity index (χ0) is 15.4. The lowest BCUT2D eigenvalue weighted by molar-refractivity contribution is 0.174. The highest BCUT2D eigenvalue weighted by Gasteiger charge is 2.30. The maximum Gasteiger partial charge on any atom is 0.317 e. The van der Waals surface area contributed by atoms with Gasteiger partial charge in [0, 0.05) is 31.2 Å². The summed E-state index contributed by atoms with van der Waals surface area (Å²) in [5.41, 5.74) is 0.533. The summed E-state index contributed by atoms with van der Waals surface area (Å²) in [7, 11) is 0. The molecule has 5 heteroatoms. The Hall–Kier alpha value is -1.62. The molecule has 0 aromatic heterocycles. The zero-order valence-corrected chi connectivity index (χ0v) is 12.9. The van der Waals surface area contributed by atoms with Gasteiger partial charge in [-0.25, -0.2) is 9.18 Å². The van der Waals surface area contributed by atoms with Crippen molar-refractivity contribution in [1.82, 2.24) is 15.1 Å². The molecule has 0 saturated carbocycles. The minimum absolute atomic E-state index is 0.0649. The fourth-order valence-electron chi connectivity index (χ4n) is 3.47. The number of hydrogen-bond acceptors (Lipinski definition) is 2. The van der Waals surface area contributed by atoms with Crippen molar-refractivity contribution in [2.75, 3.05) is 26.2 Å². The van der Waals surface area contributed by atoms with Crippen LogP contribution >= 0.6 is 0 Å². The van der Waals surface area contributed by atoms with Crippen LogP contribution in [0.5, 0.6) is 0 Å². The van der Waals surface area contributed by atoms with E-state index in [-0.39, 0.29) is 18.4 Å². The van der Waals surface area contributed by atoms with Crippen LogP contribution in [0, 0.1) is 5.82 Å². The van der Waals surface area contributed by atoms with Crippen molar-refractivity contribution in [1.29, 1.82) is 0 Å². The Morgan fingerprint density at radius 1 is 1.18 bits per heavy atom. The third-order valence-electron chi connectivity index (χ3n) is 4.69. The van der Waals surface area contributed by atoms with Crippen molar-refractivity contribution < 1.29 is 9.18 Å². The van der Waals surface area contributed by atoms with Crippen LogP contribution in [0.1, 0.15) is 31.2 Å². The molecule has 2 saturated heterocycles. The van der Waals surface area contributed by atoms with Crippen molar-refractivity contribution in [3.63, 3.8) is 0 Å². The van der Waals surface area contributed by atoms with Crippen molar-refractivity contribution >= 4 is 6.03 Å². The van der Waals surface area contributed by atoms with Gasteiger partial charge in [-0.1, -0.05) is 18.2 Å². The van der Waals surface area contributed by atoms with Crippen LogP contribution in [0.2, 0.25) is 0 Å². The number of likely N-dealkylation sites (tertiary alicyclic amines) is 2. The molecule has 0 bridgehead atoms. The van der Waals surface area contributed by atoms with E-state index in [1.54, 1.807) is 18.2 Å². The van der Waals surface area contributed by atoms with Crippen molar-refractivity contribution in [2.24, 2.45) is 0 Å². The van der Waals surface area contributed by atoms with E-state index in [0.29, 0.717) is 11.6 Å². The van der Waals surface area contributed by atoms with Crippen molar-refractivity contribution in [3.05, 3.63) is 35.6 Å². The van der Waals surface area contributed by atoms with Gasteiger partial charge in [-0.05, 0) is 44.8 Å². The van der Waals surface area contributed by atoms with E-state index in [9.17, 15) is 9.18 Å². The standard InChI is InChI=1S/C17H24FN3O/c18-16-8-2-1-6-14(16)12-19-17(22)21-11-5-7-15(21)13-20-9-3-4-10-20/h1-2,6,8,15H,3-5,7,9-13H2,(H,19,22).